The van der Waals surface area contributed by atoms with Crippen LogP contribution < -0.4 is 16.4 Å². The number of anilines is 4. The third-order valence-corrected chi connectivity index (χ3v) is 2.39. The third-order valence-electron chi connectivity index (χ3n) is 2.39. The van der Waals surface area contributed by atoms with Crippen LogP contribution in [-0.2, 0) is 0 Å². The van der Waals surface area contributed by atoms with Gasteiger partial charge in [0.05, 0.1) is 17.1 Å². The zero-order valence-corrected chi connectivity index (χ0v) is 9.86. The Morgan fingerprint density at radius 1 is 1.12 bits per heavy atom. The summed E-state index contributed by atoms with van der Waals surface area (Å²) in [6, 6.07) is 9.47. The molecule has 0 bridgehead atoms. The minimum atomic E-state index is 0.711. The summed E-state index contributed by atoms with van der Waals surface area (Å²) in [6.07, 6.45) is 0. The largest absolute Gasteiger partial charge is 0.397 e. The molecular formula is C12H15N5. The minimum absolute atomic E-state index is 0.711. The third kappa shape index (κ3) is 2.63. The second kappa shape index (κ2) is 4.69. The molecule has 17 heavy (non-hydrogen) atoms. The molecule has 1 heterocycles. The van der Waals surface area contributed by atoms with E-state index in [0.29, 0.717) is 11.5 Å². The van der Waals surface area contributed by atoms with Crippen LogP contribution in [0.2, 0.25) is 0 Å². The molecule has 0 amide bonds. The maximum Gasteiger partial charge on any atom is 0.153 e. The highest BCUT2D eigenvalue weighted by Gasteiger charge is 2.00. The first-order valence-corrected chi connectivity index (χ1v) is 5.33. The molecule has 0 spiro atoms. The molecule has 0 saturated carbocycles. The van der Waals surface area contributed by atoms with Crippen molar-refractivity contribution in [1.82, 2.24) is 10.2 Å². The highest BCUT2D eigenvalue weighted by Crippen LogP contribution is 2.24. The Balaban J connectivity index is 2.21. The summed E-state index contributed by atoms with van der Waals surface area (Å²) in [5.41, 5.74) is 9.21. The number of aryl methyl sites for hydroxylation is 1. The monoisotopic (exact) mass is 229 g/mol. The van der Waals surface area contributed by atoms with E-state index in [1.807, 2.05) is 44.3 Å². The number of nitrogen functional groups attached to an aromatic ring is 1. The lowest BCUT2D eigenvalue weighted by atomic mass is 10.2. The summed E-state index contributed by atoms with van der Waals surface area (Å²) in [6.45, 7) is 1.90. The van der Waals surface area contributed by atoms with Crippen molar-refractivity contribution in [3.63, 3.8) is 0 Å². The molecule has 1 aromatic carbocycles. The molecule has 2 aromatic rings. The molecule has 1 aromatic heterocycles. The lowest BCUT2D eigenvalue weighted by Crippen LogP contribution is -1.99. The standard InChI is InChI=1S/C12H15N5/c1-8-3-6-12(17-16-8)15-9-4-5-10(13)11(7-9)14-2/h3-7,14H,13H2,1-2H3,(H,15,17). The van der Waals surface area contributed by atoms with E-state index >= 15 is 0 Å². The van der Waals surface area contributed by atoms with Gasteiger partial charge in [-0.1, -0.05) is 0 Å². The van der Waals surface area contributed by atoms with Gasteiger partial charge in [0, 0.05) is 12.7 Å². The molecule has 0 radical (unpaired) electrons. The molecule has 0 saturated heterocycles. The second-order valence-electron chi connectivity index (χ2n) is 3.74. The fourth-order valence-electron chi connectivity index (χ4n) is 1.46. The van der Waals surface area contributed by atoms with Crippen LogP contribution in [0.1, 0.15) is 5.69 Å². The van der Waals surface area contributed by atoms with E-state index in [1.54, 1.807) is 0 Å². The van der Waals surface area contributed by atoms with Crippen molar-refractivity contribution in [1.29, 1.82) is 0 Å². The number of nitrogens with two attached hydrogens (primary N) is 1. The molecule has 0 aliphatic heterocycles. The number of hydrogen-bond acceptors (Lipinski definition) is 5. The minimum Gasteiger partial charge on any atom is -0.397 e. The van der Waals surface area contributed by atoms with Gasteiger partial charge in [0.25, 0.3) is 0 Å². The molecule has 0 unspecified atom stereocenters. The van der Waals surface area contributed by atoms with Crippen LogP contribution in [0.5, 0.6) is 0 Å². The number of benzene rings is 1. The number of nitrogens with one attached hydrogen (secondary N) is 2. The van der Waals surface area contributed by atoms with E-state index in [0.717, 1.165) is 17.1 Å². The van der Waals surface area contributed by atoms with E-state index < -0.39 is 0 Å². The summed E-state index contributed by atoms with van der Waals surface area (Å²) in [5.74, 6) is 0.711. The molecule has 88 valence electrons. The van der Waals surface area contributed by atoms with Gasteiger partial charge >= 0.3 is 0 Å². The van der Waals surface area contributed by atoms with Crippen molar-refractivity contribution in [3.8, 4) is 0 Å². The Labute approximate surface area is 100 Å². The average Bonchev–Trinajstić information content (AvgIpc) is 2.34. The first-order chi connectivity index (χ1) is 8.19. The molecule has 0 aliphatic carbocycles. The molecule has 5 nitrogen and oxygen atoms in total. The van der Waals surface area contributed by atoms with E-state index in [1.165, 1.54) is 0 Å². The van der Waals surface area contributed by atoms with Crippen molar-refractivity contribution >= 4 is 22.9 Å². The van der Waals surface area contributed by atoms with Gasteiger partial charge in [-0.3, -0.25) is 0 Å². The van der Waals surface area contributed by atoms with E-state index in [2.05, 4.69) is 20.8 Å². The van der Waals surface area contributed by atoms with Crippen molar-refractivity contribution in [3.05, 3.63) is 36.0 Å². The summed E-state index contributed by atoms with van der Waals surface area (Å²) in [7, 11) is 1.83. The van der Waals surface area contributed by atoms with Crippen LogP contribution in [0, 0.1) is 6.92 Å². The van der Waals surface area contributed by atoms with Gasteiger partial charge in [-0.05, 0) is 37.3 Å². The maximum atomic E-state index is 5.79. The Morgan fingerprint density at radius 3 is 2.59 bits per heavy atom. The Kier molecular flexibility index (Phi) is 3.09. The van der Waals surface area contributed by atoms with Crippen LogP contribution >= 0.6 is 0 Å². The summed E-state index contributed by atoms with van der Waals surface area (Å²) >= 11 is 0. The van der Waals surface area contributed by atoms with Gasteiger partial charge in [-0.15, -0.1) is 5.10 Å². The number of rotatable bonds is 3. The topological polar surface area (TPSA) is 75.9 Å². The Morgan fingerprint density at radius 2 is 1.94 bits per heavy atom. The number of hydrogen-bond donors (Lipinski definition) is 3. The lowest BCUT2D eigenvalue weighted by Gasteiger charge is -2.09. The molecule has 5 heteroatoms. The second-order valence-corrected chi connectivity index (χ2v) is 3.74. The molecule has 0 aliphatic rings. The van der Waals surface area contributed by atoms with E-state index in [9.17, 15) is 0 Å². The molecule has 0 atom stereocenters. The molecule has 4 N–H and O–H groups in total. The highest BCUT2D eigenvalue weighted by molar-refractivity contribution is 5.73. The predicted molar refractivity (Wildman–Crippen MR) is 70.5 cm³/mol. The van der Waals surface area contributed by atoms with Gasteiger partial charge < -0.3 is 16.4 Å². The highest BCUT2D eigenvalue weighted by atomic mass is 15.2. The predicted octanol–water partition coefficient (Wildman–Crippen LogP) is 2.15. The van der Waals surface area contributed by atoms with Crippen LogP contribution in [0.25, 0.3) is 0 Å². The fourth-order valence-corrected chi connectivity index (χ4v) is 1.46. The van der Waals surface area contributed by atoms with Crippen LogP contribution in [-0.4, -0.2) is 17.2 Å². The van der Waals surface area contributed by atoms with E-state index in [-0.39, 0.29) is 0 Å². The zero-order chi connectivity index (χ0) is 12.3. The summed E-state index contributed by atoms with van der Waals surface area (Å²) < 4.78 is 0. The van der Waals surface area contributed by atoms with Crippen molar-refractivity contribution in [2.45, 2.75) is 6.92 Å². The zero-order valence-electron chi connectivity index (χ0n) is 9.86. The molecular weight excluding hydrogens is 214 g/mol. The molecule has 2 rings (SSSR count). The van der Waals surface area contributed by atoms with E-state index in [4.69, 9.17) is 5.73 Å². The fraction of sp³-hybridized carbons (Fsp3) is 0.167. The Hall–Kier alpha value is -2.30. The lowest BCUT2D eigenvalue weighted by molar-refractivity contribution is 0.986. The average molecular weight is 229 g/mol. The van der Waals surface area contributed by atoms with Gasteiger partial charge in [0.2, 0.25) is 0 Å². The SMILES string of the molecule is CNc1cc(Nc2ccc(C)nn2)ccc1N. The number of nitrogens with zero attached hydrogens (tertiary/aromatic N) is 2. The van der Waals surface area contributed by atoms with Gasteiger partial charge in [0.15, 0.2) is 5.82 Å². The quantitative estimate of drug-likeness (QED) is 0.703. The number of aromatic nitrogens is 2. The van der Waals surface area contributed by atoms with Crippen molar-refractivity contribution in [2.75, 3.05) is 23.4 Å². The maximum absolute atomic E-state index is 5.79. The van der Waals surface area contributed by atoms with Gasteiger partial charge in [-0.2, -0.15) is 5.10 Å². The van der Waals surface area contributed by atoms with Crippen molar-refractivity contribution < 1.29 is 0 Å². The Bertz CT molecular complexity index is 507. The summed E-state index contributed by atoms with van der Waals surface area (Å²) in [4.78, 5) is 0. The van der Waals surface area contributed by atoms with Crippen LogP contribution in [0.15, 0.2) is 30.3 Å². The van der Waals surface area contributed by atoms with Gasteiger partial charge in [-0.25, -0.2) is 0 Å². The molecule has 0 fully saturated rings. The van der Waals surface area contributed by atoms with Crippen LogP contribution in [0.3, 0.4) is 0 Å². The van der Waals surface area contributed by atoms with Gasteiger partial charge in [0.1, 0.15) is 0 Å². The first-order valence-electron chi connectivity index (χ1n) is 5.33. The smallest absolute Gasteiger partial charge is 0.153 e. The van der Waals surface area contributed by atoms with Crippen molar-refractivity contribution in [2.24, 2.45) is 0 Å². The first kappa shape index (κ1) is 11.2. The van der Waals surface area contributed by atoms with Crippen LogP contribution in [0.4, 0.5) is 22.9 Å². The summed E-state index contributed by atoms with van der Waals surface area (Å²) in [5, 5.41) is 14.2. The normalized spacial score (nSPS) is 10.0.